The SMILES string of the molecule is CCc1ccc(C(=O)N2CCCN(S(=O)(=O)c3ccc(F)cc3)CC2)cc1. The third-order valence-corrected chi connectivity index (χ3v) is 6.72. The second-order valence-electron chi connectivity index (χ2n) is 6.55. The van der Waals surface area contributed by atoms with Crippen molar-refractivity contribution in [3.05, 3.63) is 65.5 Å². The zero-order chi connectivity index (χ0) is 19.4. The Balaban J connectivity index is 1.71. The van der Waals surface area contributed by atoms with Crippen LogP contribution in [-0.2, 0) is 16.4 Å². The molecule has 0 atom stereocenters. The maximum atomic E-state index is 13.1. The molecule has 1 heterocycles. The van der Waals surface area contributed by atoms with Crippen LogP contribution in [0.1, 0.15) is 29.3 Å². The van der Waals surface area contributed by atoms with E-state index in [1.165, 1.54) is 22.0 Å². The highest BCUT2D eigenvalue weighted by Crippen LogP contribution is 2.19. The molecule has 1 amide bonds. The molecule has 1 saturated heterocycles. The average Bonchev–Trinajstić information content (AvgIpc) is 2.94. The van der Waals surface area contributed by atoms with Crippen molar-refractivity contribution in [1.82, 2.24) is 9.21 Å². The number of hydrogen-bond donors (Lipinski definition) is 0. The summed E-state index contributed by atoms with van der Waals surface area (Å²) in [6.45, 7) is 3.44. The van der Waals surface area contributed by atoms with Gasteiger partial charge in [0.2, 0.25) is 10.0 Å². The van der Waals surface area contributed by atoms with Crippen molar-refractivity contribution in [1.29, 1.82) is 0 Å². The van der Waals surface area contributed by atoms with Crippen LogP contribution in [0.25, 0.3) is 0 Å². The quantitative estimate of drug-likeness (QED) is 0.807. The third kappa shape index (κ3) is 4.36. The maximum absolute atomic E-state index is 13.1. The van der Waals surface area contributed by atoms with E-state index < -0.39 is 15.8 Å². The second kappa shape index (κ2) is 8.19. The van der Waals surface area contributed by atoms with E-state index in [2.05, 4.69) is 6.92 Å². The van der Waals surface area contributed by atoms with Gasteiger partial charge in [-0.1, -0.05) is 19.1 Å². The summed E-state index contributed by atoms with van der Waals surface area (Å²) in [6, 6.07) is 12.3. The molecule has 0 radical (unpaired) electrons. The fraction of sp³-hybridized carbons (Fsp3) is 0.350. The fourth-order valence-corrected chi connectivity index (χ4v) is 4.63. The lowest BCUT2D eigenvalue weighted by Gasteiger charge is -2.22. The molecule has 5 nitrogen and oxygen atoms in total. The minimum atomic E-state index is -3.70. The molecule has 144 valence electrons. The summed E-state index contributed by atoms with van der Waals surface area (Å²) in [6.07, 6.45) is 1.47. The predicted molar refractivity (Wildman–Crippen MR) is 101 cm³/mol. The lowest BCUT2D eigenvalue weighted by atomic mass is 10.1. The Morgan fingerprint density at radius 1 is 0.963 bits per heavy atom. The van der Waals surface area contributed by atoms with E-state index in [1.54, 1.807) is 4.90 Å². The summed E-state index contributed by atoms with van der Waals surface area (Å²) in [5.74, 6) is -0.561. The van der Waals surface area contributed by atoms with E-state index in [0.29, 0.717) is 31.6 Å². The number of nitrogens with zero attached hydrogens (tertiary/aromatic N) is 2. The number of carbonyl (C=O) groups excluding carboxylic acids is 1. The van der Waals surface area contributed by atoms with Crippen LogP contribution in [0.4, 0.5) is 4.39 Å². The summed E-state index contributed by atoms with van der Waals surface area (Å²) < 4.78 is 40.0. The Bertz CT molecular complexity index is 896. The van der Waals surface area contributed by atoms with Crippen LogP contribution in [-0.4, -0.2) is 49.7 Å². The van der Waals surface area contributed by atoms with Crippen molar-refractivity contribution in [2.45, 2.75) is 24.7 Å². The van der Waals surface area contributed by atoms with Gasteiger partial charge >= 0.3 is 0 Å². The number of rotatable bonds is 4. The molecule has 0 unspecified atom stereocenters. The zero-order valence-corrected chi connectivity index (χ0v) is 16.1. The van der Waals surface area contributed by atoms with Crippen LogP contribution < -0.4 is 0 Å². The predicted octanol–water partition coefficient (Wildman–Crippen LogP) is 2.92. The molecule has 0 aliphatic carbocycles. The van der Waals surface area contributed by atoms with Gasteiger partial charge in [-0.15, -0.1) is 0 Å². The molecule has 3 rings (SSSR count). The highest BCUT2D eigenvalue weighted by atomic mass is 32.2. The summed E-state index contributed by atoms with van der Waals surface area (Å²) in [5, 5.41) is 0. The summed E-state index contributed by atoms with van der Waals surface area (Å²) in [7, 11) is -3.70. The first-order valence-corrected chi connectivity index (χ1v) is 10.5. The van der Waals surface area contributed by atoms with Gasteiger partial charge in [0, 0.05) is 31.7 Å². The molecule has 1 fully saturated rings. The van der Waals surface area contributed by atoms with Gasteiger partial charge in [0.25, 0.3) is 5.91 Å². The van der Waals surface area contributed by atoms with E-state index in [-0.39, 0.29) is 17.3 Å². The van der Waals surface area contributed by atoms with Crippen molar-refractivity contribution >= 4 is 15.9 Å². The van der Waals surface area contributed by atoms with Gasteiger partial charge in [-0.05, 0) is 54.8 Å². The monoisotopic (exact) mass is 390 g/mol. The maximum Gasteiger partial charge on any atom is 0.253 e. The first-order valence-electron chi connectivity index (χ1n) is 9.06. The average molecular weight is 390 g/mol. The van der Waals surface area contributed by atoms with Crippen molar-refractivity contribution in [2.24, 2.45) is 0 Å². The topological polar surface area (TPSA) is 57.7 Å². The lowest BCUT2D eigenvalue weighted by Crippen LogP contribution is -2.37. The Hall–Kier alpha value is -2.25. The second-order valence-corrected chi connectivity index (χ2v) is 8.49. The van der Waals surface area contributed by atoms with Crippen molar-refractivity contribution in [3.63, 3.8) is 0 Å². The van der Waals surface area contributed by atoms with Gasteiger partial charge in [0.05, 0.1) is 4.90 Å². The van der Waals surface area contributed by atoms with Gasteiger partial charge in [0.15, 0.2) is 0 Å². The van der Waals surface area contributed by atoms with Crippen LogP contribution in [0.5, 0.6) is 0 Å². The van der Waals surface area contributed by atoms with Crippen LogP contribution in [0.3, 0.4) is 0 Å². The molecule has 27 heavy (non-hydrogen) atoms. The van der Waals surface area contributed by atoms with E-state index in [0.717, 1.165) is 18.6 Å². The number of halogens is 1. The Morgan fingerprint density at radius 2 is 1.63 bits per heavy atom. The minimum absolute atomic E-state index is 0.0684. The number of benzene rings is 2. The van der Waals surface area contributed by atoms with Crippen LogP contribution in [0.2, 0.25) is 0 Å². The molecule has 0 N–H and O–H groups in total. The summed E-state index contributed by atoms with van der Waals surface area (Å²) in [5.41, 5.74) is 1.78. The standard InChI is InChI=1S/C20H23FN2O3S/c1-2-16-4-6-17(7-5-16)20(24)22-12-3-13-23(15-14-22)27(25,26)19-10-8-18(21)9-11-19/h4-11H,2-3,12-15H2,1H3. The van der Waals surface area contributed by atoms with Gasteiger partial charge in [0.1, 0.15) is 5.82 Å². The first kappa shape index (κ1) is 19.5. The Morgan fingerprint density at radius 3 is 2.26 bits per heavy atom. The molecule has 2 aromatic rings. The lowest BCUT2D eigenvalue weighted by molar-refractivity contribution is 0.0764. The number of amides is 1. The van der Waals surface area contributed by atoms with Crippen molar-refractivity contribution < 1.29 is 17.6 Å². The molecule has 0 aromatic heterocycles. The van der Waals surface area contributed by atoms with Crippen molar-refractivity contribution in [2.75, 3.05) is 26.2 Å². The molecule has 0 saturated carbocycles. The molecule has 1 aliphatic rings. The normalized spacial score (nSPS) is 16.1. The smallest absolute Gasteiger partial charge is 0.253 e. The third-order valence-electron chi connectivity index (χ3n) is 4.80. The molecule has 0 spiro atoms. The van der Waals surface area contributed by atoms with Gasteiger partial charge in [-0.25, -0.2) is 12.8 Å². The first-order chi connectivity index (χ1) is 12.9. The molecule has 7 heteroatoms. The van der Waals surface area contributed by atoms with Gasteiger partial charge in [-0.2, -0.15) is 4.31 Å². The van der Waals surface area contributed by atoms with E-state index in [4.69, 9.17) is 0 Å². The number of aryl methyl sites for hydroxylation is 1. The number of sulfonamides is 1. The fourth-order valence-electron chi connectivity index (χ4n) is 3.16. The highest BCUT2D eigenvalue weighted by Gasteiger charge is 2.28. The van der Waals surface area contributed by atoms with Crippen LogP contribution in [0.15, 0.2) is 53.4 Å². The van der Waals surface area contributed by atoms with Crippen molar-refractivity contribution in [3.8, 4) is 0 Å². The molecule has 1 aliphatic heterocycles. The van der Waals surface area contributed by atoms with E-state index in [9.17, 15) is 17.6 Å². The minimum Gasteiger partial charge on any atom is -0.337 e. The molecule has 0 bridgehead atoms. The number of hydrogen-bond acceptors (Lipinski definition) is 3. The zero-order valence-electron chi connectivity index (χ0n) is 15.3. The van der Waals surface area contributed by atoms with Gasteiger partial charge < -0.3 is 4.90 Å². The van der Waals surface area contributed by atoms with Crippen LogP contribution >= 0.6 is 0 Å². The highest BCUT2D eigenvalue weighted by molar-refractivity contribution is 7.89. The van der Waals surface area contributed by atoms with Crippen LogP contribution in [0, 0.1) is 5.82 Å². The van der Waals surface area contributed by atoms with E-state index in [1.807, 2.05) is 24.3 Å². The molecular formula is C20H23FN2O3S. The summed E-state index contributed by atoms with van der Waals surface area (Å²) in [4.78, 5) is 14.5. The molecule has 2 aromatic carbocycles. The Labute approximate surface area is 159 Å². The Kier molecular flexibility index (Phi) is 5.92. The number of carbonyl (C=O) groups is 1. The molecular weight excluding hydrogens is 367 g/mol. The van der Waals surface area contributed by atoms with Gasteiger partial charge in [-0.3, -0.25) is 4.79 Å². The largest absolute Gasteiger partial charge is 0.337 e. The summed E-state index contributed by atoms with van der Waals surface area (Å²) >= 11 is 0. The van der Waals surface area contributed by atoms with E-state index >= 15 is 0 Å².